The minimum absolute atomic E-state index is 0.0261. The van der Waals surface area contributed by atoms with Crippen LogP contribution in [0.1, 0.15) is 52.4 Å². The van der Waals surface area contributed by atoms with Crippen LogP contribution in [-0.4, -0.2) is 38.0 Å². The first-order valence-electron chi connectivity index (χ1n) is 7.53. The first kappa shape index (κ1) is 17.0. The monoisotopic (exact) mass is 283 g/mol. The van der Waals surface area contributed by atoms with Crippen LogP contribution in [0, 0.1) is 5.41 Å². The molecule has 0 radical (unpaired) electrons. The van der Waals surface area contributed by atoms with Crippen LogP contribution in [0.2, 0.25) is 0 Å². The van der Waals surface area contributed by atoms with Gasteiger partial charge in [0.2, 0.25) is 11.8 Å². The lowest BCUT2D eigenvalue weighted by atomic mass is 9.79. The lowest BCUT2D eigenvalue weighted by Crippen LogP contribution is -2.50. The first-order chi connectivity index (χ1) is 9.35. The van der Waals surface area contributed by atoms with Crippen molar-refractivity contribution in [3.63, 3.8) is 0 Å². The van der Waals surface area contributed by atoms with E-state index in [9.17, 15) is 9.59 Å². The van der Waals surface area contributed by atoms with Gasteiger partial charge in [-0.05, 0) is 33.7 Å². The molecule has 0 unspecified atom stereocenters. The van der Waals surface area contributed by atoms with E-state index in [1.54, 1.807) is 7.05 Å². The van der Waals surface area contributed by atoms with Gasteiger partial charge in [-0.2, -0.15) is 0 Å². The van der Waals surface area contributed by atoms with Crippen LogP contribution in [0.15, 0.2) is 0 Å². The molecule has 0 aromatic rings. The lowest BCUT2D eigenvalue weighted by Gasteiger charge is -2.37. The molecule has 1 fully saturated rings. The van der Waals surface area contributed by atoms with Crippen LogP contribution in [0.3, 0.4) is 0 Å². The molecule has 0 saturated heterocycles. The minimum Gasteiger partial charge on any atom is -0.359 e. The van der Waals surface area contributed by atoms with Gasteiger partial charge >= 0.3 is 0 Å². The van der Waals surface area contributed by atoms with Crippen molar-refractivity contribution in [3.05, 3.63) is 0 Å². The molecule has 3 N–H and O–H groups in total. The third kappa shape index (κ3) is 4.47. The Hall–Kier alpha value is -1.10. The zero-order chi connectivity index (χ0) is 15.2. The van der Waals surface area contributed by atoms with Crippen molar-refractivity contribution in [2.24, 2.45) is 5.41 Å². The summed E-state index contributed by atoms with van der Waals surface area (Å²) in [4.78, 5) is 23.8. The van der Waals surface area contributed by atoms with Crippen LogP contribution < -0.4 is 16.0 Å². The Morgan fingerprint density at radius 3 is 2.20 bits per heavy atom. The number of hydrogen-bond acceptors (Lipinski definition) is 3. The van der Waals surface area contributed by atoms with E-state index < -0.39 is 5.41 Å². The minimum atomic E-state index is -0.580. The van der Waals surface area contributed by atoms with Gasteiger partial charge in [0.15, 0.2) is 0 Å². The summed E-state index contributed by atoms with van der Waals surface area (Å²) >= 11 is 0. The number of hydrogen-bond donors (Lipinski definition) is 3. The molecule has 0 bridgehead atoms. The highest BCUT2D eigenvalue weighted by molar-refractivity contribution is 5.83. The standard InChI is InChI=1S/C15H29N3O2/c1-14(2,13(20)16-3)11-18-12(19)10-15(17-4)8-6-5-7-9-15/h17H,5-11H2,1-4H3,(H,16,20)(H,18,19). The normalized spacial score (nSPS) is 18.4. The Bertz CT molecular complexity index is 347. The van der Waals surface area contributed by atoms with Gasteiger partial charge in [0, 0.05) is 25.6 Å². The molecule has 0 aliphatic heterocycles. The van der Waals surface area contributed by atoms with Crippen molar-refractivity contribution in [1.82, 2.24) is 16.0 Å². The number of carbonyl (C=O) groups excluding carboxylic acids is 2. The van der Waals surface area contributed by atoms with E-state index in [1.165, 1.54) is 19.3 Å². The maximum Gasteiger partial charge on any atom is 0.227 e. The van der Waals surface area contributed by atoms with Crippen molar-refractivity contribution in [1.29, 1.82) is 0 Å². The Balaban J connectivity index is 2.48. The van der Waals surface area contributed by atoms with Crippen LogP contribution in [0.4, 0.5) is 0 Å². The zero-order valence-electron chi connectivity index (χ0n) is 13.3. The van der Waals surface area contributed by atoms with Crippen LogP contribution in [-0.2, 0) is 9.59 Å². The van der Waals surface area contributed by atoms with Crippen molar-refractivity contribution >= 4 is 11.8 Å². The van der Waals surface area contributed by atoms with Gasteiger partial charge in [0.25, 0.3) is 0 Å². The van der Waals surface area contributed by atoms with Crippen molar-refractivity contribution < 1.29 is 9.59 Å². The summed E-state index contributed by atoms with van der Waals surface area (Å²) in [5.74, 6) is -0.0305. The second kappa shape index (κ2) is 7.07. The second-order valence-corrected chi connectivity index (χ2v) is 6.51. The Morgan fingerprint density at radius 1 is 1.10 bits per heavy atom. The highest BCUT2D eigenvalue weighted by Gasteiger charge is 2.33. The maximum atomic E-state index is 12.2. The van der Waals surface area contributed by atoms with Gasteiger partial charge in [-0.25, -0.2) is 0 Å². The van der Waals surface area contributed by atoms with Gasteiger partial charge in [-0.3, -0.25) is 9.59 Å². The molecule has 1 saturated carbocycles. The quantitative estimate of drug-likeness (QED) is 0.686. The van der Waals surface area contributed by atoms with Gasteiger partial charge in [-0.15, -0.1) is 0 Å². The SMILES string of the molecule is CNC(=O)C(C)(C)CNC(=O)CC1(NC)CCCCC1. The van der Waals surface area contributed by atoms with E-state index in [0.717, 1.165) is 12.8 Å². The molecule has 0 spiro atoms. The molecule has 0 heterocycles. The zero-order valence-corrected chi connectivity index (χ0v) is 13.3. The Morgan fingerprint density at radius 2 is 1.70 bits per heavy atom. The molecule has 0 aromatic heterocycles. The Kier molecular flexibility index (Phi) is 5.99. The van der Waals surface area contributed by atoms with Gasteiger partial charge in [-0.1, -0.05) is 19.3 Å². The number of amides is 2. The molecule has 5 heteroatoms. The van der Waals surface area contributed by atoms with Gasteiger partial charge in [0.1, 0.15) is 0 Å². The van der Waals surface area contributed by atoms with E-state index in [2.05, 4.69) is 16.0 Å². The number of rotatable bonds is 6. The van der Waals surface area contributed by atoms with E-state index in [-0.39, 0.29) is 17.4 Å². The van der Waals surface area contributed by atoms with E-state index >= 15 is 0 Å². The van der Waals surface area contributed by atoms with E-state index in [1.807, 2.05) is 20.9 Å². The summed E-state index contributed by atoms with van der Waals surface area (Å²) in [5, 5.41) is 8.87. The molecule has 2 amide bonds. The highest BCUT2D eigenvalue weighted by atomic mass is 16.2. The third-order valence-corrected chi connectivity index (χ3v) is 4.41. The molecule has 0 atom stereocenters. The van der Waals surface area contributed by atoms with Crippen LogP contribution >= 0.6 is 0 Å². The molecule has 1 rings (SSSR count). The topological polar surface area (TPSA) is 70.2 Å². The summed E-state index contributed by atoms with van der Waals surface area (Å²) in [6.07, 6.45) is 6.21. The van der Waals surface area contributed by atoms with Crippen LogP contribution in [0.25, 0.3) is 0 Å². The van der Waals surface area contributed by atoms with Crippen molar-refractivity contribution in [3.8, 4) is 0 Å². The summed E-state index contributed by atoms with van der Waals surface area (Å²) in [6.45, 7) is 4.03. The predicted molar refractivity (Wildman–Crippen MR) is 80.4 cm³/mol. The largest absolute Gasteiger partial charge is 0.359 e. The highest BCUT2D eigenvalue weighted by Crippen LogP contribution is 2.30. The lowest BCUT2D eigenvalue weighted by molar-refractivity contribution is -0.129. The Labute approximate surface area is 122 Å². The molecule has 5 nitrogen and oxygen atoms in total. The molecular formula is C15H29N3O2. The third-order valence-electron chi connectivity index (χ3n) is 4.41. The molecular weight excluding hydrogens is 254 g/mol. The summed E-state index contributed by atoms with van der Waals surface area (Å²) in [5.41, 5.74) is -0.636. The summed E-state index contributed by atoms with van der Waals surface area (Å²) in [7, 11) is 3.55. The fourth-order valence-electron chi connectivity index (χ4n) is 2.85. The molecule has 116 valence electrons. The summed E-state index contributed by atoms with van der Waals surface area (Å²) < 4.78 is 0. The first-order valence-corrected chi connectivity index (χ1v) is 7.53. The fraction of sp³-hybridized carbons (Fsp3) is 0.867. The van der Waals surface area contributed by atoms with Crippen LogP contribution in [0.5, 0.6) is 0 Å². The molecule has 20 heavy (non-hydrogen) atoms. The average Bonchev–Trinajstić information content (AvgIpc) is 2.45. The molecule has 0 aromatic carbocycles. The van der Waals surface area contributed by atoms with E-state index in [0.29, 0.717) is 13.0 Å². The maximum absolute atomic E-state index is 12.2. The second-order valence-electron chi connectivity index (χ2n) is 6.51. The number of carbonyl (C=O) groups is 2. The van der Waals surface area contributed by atoms with Gasteiger partial charge < -0.3 is 16.0 Å². The van der Waals surface area contributed by atoms with Crippen molar-refractivity contribution in [2.45, 2.75) is 57.9 Å². The number of nitrogens with one attached hydrogen (secondary N) is 3. The molecule has 1 aliphatic carbocycles. The fourth-order valence-corrected chi connectivity index (χ4v) is 2.85. The smallest absolute Gasteiger partial charge is 0.227 e. The summed E-state index contributed by atoms with van der Waals surface area (Å²) in [6, 6.07) is 0. The average molecular weight is 283 g/mol. The van der Waals surface area contributed by atoms with Crippen molar-refractivity contribution in [2.75, 3.05) is 20.6 Å². The molecule has 1 aliphatic rings. The van der Waals surface area contributed by atoms with E-state index in [4.69, 9.17) is 0 Å². The van der Waals surface area contributed by atoms with Gasteiger partial charge in [0.05, 0.1) is 5.41 Å². The predicted octanol–water partition coefficient (Wildman–Crippen LogP) is 1.19.